The van der Waals surface area contributed by atoms with Crippen LogP contribution in [0.4, 0.5) is 0 Å². The standard InChI is InChI=1S/C18H32N2O/c1-4-5-8-15-21-18-11-9-17(10-12-18)16-19-13-6-7-14-20(2)3/h9-12,19H,4-8,13-16H2,1-3H3. The smallest absolute Gasteiger partial charge is 0.119 e. The SMILES string of the molecule is CCCCCOc1ccc(CNCCCCN(C)C)cc1. The molecule has 21 heavy (non-hydrogen) atoms. The van der Waals surface area contributed by atoms with Crippen LogP contribution in [-0.2, 0) is 6.54 Å². The topological polar surface area (TPSA) is 24.5 Å². The Morgan fingerprint density at radius 3 is 2.43 bits per heavy atom. The highest BCUT2D eigenvalue weighted by atomic mass is 16.5. The molecule has 0 unspecified atom stereocenters. The van der Waals surface area contributed by atoms with E-state index in [9.17, 15) is 0 Å². The Morgan fingerprint density at radius 1 is 1.00 bits per heavy atom. The molecule has 0 spiro atoms. The normalized spacial score (nSPS) is 11.0. The minimum Gasteiger partial charge on any atom is -0.494 e. The zero-order valence-corrected chi connectivity index (χ0v) is 14.0. The third kappa shape index (κ3) is 9.48. The van der Waals surface area contributed by atoms with Gasteiger partial charge in [0.2, 0.25) is 0 Å². The zero-order valence-electron chi connectivity index (χ0n) is 14.0. The summed E-state index contributed by atoms with van der Waals surface area (Å²) in [5.74, 6) is 0.987. The van der Waals surface area contributed by atoms with Crippen molar-refractivity contribution in [3.63, 3.8) is 0 Å². The average Bonchev–Trinajstić information content (AvgIpc) is 2.48. The van der Waals surface area contributed by atoms with Crippen molar-refractivity contribution in [2.24, 2.45) is 0 Å². The molecule has 0 saturated carbocycles. The van der Waals surface area contributed by atoms with Gasteiger partial charge < -0.3 is 15.0 Å². The van der Waals surface area contributed by atoms with Crippen LogP contribution in [0.5, 0.6) is 5.75 Å². The van der Waals surface area contributed by atoms with Crippen molar-refractivity contribution in [2.45, 2.75) is 45.6 Å². The first-order chi connectivity index (χ1) is 10.2. The fourth-order valence-corrected chi connectivity index (χ4v) is 2.16. The van der Waals surface area contributed by atoms with Gasteiger partial charge in [0.15, 0.2) is 0 Å². The van der Waals surface area contributed by atoms with Gasteiger partial charge in [-0.05, 0) is 64.1 Å². The van der Waals surface area contributed by atoms with E-state index >= 15 is 0 Å². The minimum absolute atomic E-state index is 0.831. The van der Waals surface area contributed by atoms with Crippen molar-refractivity contribution in [3.8, 4) is 5.75 Å². The first-order valence-corrected chi connectivity index (χ1v) is 8.29. The van der Waals surface area contributed by atoms with Gasteiger partial charge in [-0.15, -0.1) is 0 Å². The molecule has 0 amide bonds. The van der Waals surface area contributed by atoms with Crippen molar-refractivity contribution in [3.05, 3.63) is 29.8 Å². The van der Waals surface area contributed by atoms with Gasteiger partial charge in [0.25, 0.3) is 0 Å². The minimum atomic E-state index is 0.831. The number of rotatable bonds is 12. The maximum atomic E-state index is 5.72. The summed E-state index contributed by atoms with van der Waals surface area (Å²) in [5.41, 5.74) is 1.32. The maximum Gasteiger partial charge on any atom is 0.119 e. The summed E-state index contributed by atoms with van der Waals surface area (Å²) >= 11 is 0. The second-order valence-electron chi connectivity index (χ2n) is 5.89. The van der Waals surface area contributed by atoms with E-state index < -0.39 is 0 Å². The molecule has 3 nitrogen and oxygen atoms in total. The Hall–Kier alpha value is -1.06. The number of hydrogen-bond acceptors (Lipinski definition) is 3. The number of benzene rings is 1. The van der Waals surface area contributed by atoms with Gasteiger partial charge >= 0.3 is 0 Å². The summed E-state index contributed by atoms with van der Waals surface area (Å²) in [7, 11) is 4.25. The Kier molecular flexibility index (Phi) is 9.92. The van der Waals surface area contributed by atoms with Gasteiger partial charge in [-0.1, -0.05) is 31.9 Å². The molecule has 0 radical (unpaired) electrons. The molecule has 0 saturated heterocycles. The highest BCUT2D eigenvalue weighted by Crippen LogP contribution is 2.12. The third-order valence-corrected chi connectivity index (χ3v) is 3.48. The van der Waals surface area contributed by atoms with Crippen LogP contribution in [0.25, 0.3) is 0 Å². The lowest BCUT2D eigenvalue weighted by molar-refractivity contribution is 0.306. The lowest BCUT2D eigenvalue weighted by Crippen LogP contribution is -2.18. The number of hydrogen-bond donors (Lipinski definition) is 1. The molecule has 120 valence electrons. The molecular weight excluding hydrogens is 260 g/mol. The molecule has 0 atom stereocenters. The lowest BCUT2D eigenvalue weighted by atomic mass is 10.2. The molecular formula is C18H32N2O. The Balaban J connectivity index is 2.10. The first-order valence-electron chi connectivity index (χ1n) is 8.29. The Morgan fingerprint density at radius 2 is 1.76 bits per heavy atom. The molecule has 0 fully saturated rings. The molecule has 3 heteroatoms. The monoisotopic (exact) mass is 292 g/mol. The first kappa shape index (κ1) is 18.0. The molecule has 1 aromatic carbocycles. The van der Waals surface area contributed by atoms with Crippen molar-refractivity contribution in [1.29, 1.82) is 0 Å². The van der Waals surface area contributed by atoms with Crippen molar-refractivity contribution in [1.82, 2.24) is 10.2 Å². The van der Waals surface area contributed by atoms with Crippen LogP contribution in [0, 0.1) is 0 Å². The van der Waals surface area contributed by atoms with Gasteiger partial charge in [-0.3, -0.25) is 0 Å². The molecule has 0 heterocycles. The highest BCUT2D eigenvalue weighted by Gasteiger charge is 1.96. The molecule has 0 aliphatic rings. The fourth-order valence-electron chi connectivity index (χ4n) is 2.16. The summed E-state index contributed by atoms with van der Waals surface area (Å²) in [6.07, 6.45) is 6.12. The lowest BCUT2D eigenvalue weighted by Gasteiger charge is -2.10. The van der Waals surface area contributed by atoms with Crippen molar-refractivity contribution in [2.75, 3.05) is 33.8 Å². The summed E-state index contributed by atoms with van der Waals surface area (Å²) in [6, 6.07) is 8.47. The number of nitrogens with one attached hydrogen (secondary N) is 1. The van der Waals surface area contributed by atoms with Crippen LogP contribution in [0.3, 0.4) is 0 Å². The van der Waals surface area contributed by atoms with Crippen molar-refractivity contribution < 1.29 is 4.74 Å². The average molecular weight is 292 g/mol. The molecule has 0 aromatic heterocycles. The maximum absolute atomic E-state index is 5.72. The quantitative estimate of drug-likeness (QED) is 0.595. The number of unbranched alkanes of at least 4 members (excludes halogenated alkanes) is 3. The predicted octanol–water partition coefficient (Wildman–Crippen LogP) is 3.69. The van der Waals surface area contributed by atoms with Gasteiger partial charge in [0, 0.05) is 6.54 Å². The van der Waals surface area contributed by atoms with E-state index in [0.29, 0.717) is 0 Å². The van der Waals surface area contributed by atoms with E-state index in [2.05, 4.69) is 55.5 Å². The number of ether oxygens (including phenoxy) is 1. The van der Waals surface area contributed by atoms with Gasteiger partial charge in [0.1, 0.15) is 5.75 Å². The second kappa shape index (κ2) is 11.6. The van der Waals surface area contributed by atoms with E-state index in [-0.39, 0.29) is 0 Å². The van der Waals surface area contributed by atoms with Gasteiger partial charge in [0.05, 0.1) is 6.61 Å². The van der Waals surface area contributed by atoms with Crippen LogP contribution < -0.4 is 10.1 Å². The fraction of sp³-hybridized carbons (Fsp3) is 0.667. The largest absolute Gasteiger partial charge is 0.494 e. The van der Waals surface area contributed by atoms with Crippen LogP contribution in [0.1, 0.15) is 44.6 Å². The van der Waals surface area contributed by atoms with E-state index in [4.69, 9.17) is 4.74 Å². The van der Waals surface area contributed by atoms with E-state index in [0.717, 1.165) is 31.9 Å². The third-order valence-electron chi connectivity index (χ3n) is 3.48. The van der Waals surface area contributed by atoms with Gasteiger partial charge in [-0.2, -0.15) is 0 Å². The second-order valence-corrected chi connectivity index (χ2v) is 5.89. The van der Waals surface area contributed by atoms with Crippen LogP contribution in [0.2, 0.25) is 0 Å². The summed E-state index contributed by atoms with van der Waals surface area (Å²) in [5, 5.41) is 3.50. The van der Waals surface area contributed by atoms with Crippen LogP contribution in [-0.4, -0.2) is 38.7 Å². The Labute approximate surface area is 130 Å². The summed E-state index contributed by atoms with van der Waals surface area (Å²) < 4.78 is 5.72. The molecule has 1 rings (SSSR count). The molecule has 0 aliphatic heterocycles. The Bertz CT molecular complexity index is 349. The molecule has 0 aliphatic carbocycles. The summed E-state index contributed by atoms with van der Waals surface area (Å²) in [4.78, 5) is 2.24. The highest BCUT2D eigenvalue weighted by molar-refractivity contribution is 5.27. The van der Waals surface area contributed by atoms with E-state index in [1.54, 1.807) is 0 Å². The van der Waals surface area contributed by atoms with Crippen molar-refractivity contribution >= 4 is 0 Å². The van der Waals surface area contributed by atoms with E-state index in [1.165, 1.54) is 37.8 Å². The van der Waals surface area contributed by atoms with Crippen LogP contribution in [0.15, 0.2) is 24.3 Å². The van der Waals surface area contributed by atoms with Crippen LogP contribution >= 0.6 is 0 Å². The summed E-state index contributed by atoms with van der Waals surface area (Å²) in [6.45, 7) is 6.24. The predicted molar refractivity (Wildman–Crippen MR) is 91.0 cm³/mol. The number of nitrogens with zero attached hydrogens (tertiary/aromatic N) is 1. The zero-order chi connectivity index (χ0) is 15.3. The van der Waals surface area contributed by atoms with E-state index in [1.807, 2.05) is 0 Å². The molecule has 1 N–H and O–H groups in total. The molecule has 1 aromatic rings. The molecule has 0 bridgehead atoms. The van der Waals surface area contributed by atoms with Gasteiger partial charge in [-0.25, -0.2) is 0 Å².